The van der Waals surface area contributed by atoms with Crippen LogP contribution in [-0.4, -0.2) is 36.5 Å². The predicted octanol–water partition coefficient (Wildman–Crippen LogP) is 2.84. The summed E-state index contributed by atoms with van der Waals surface area (Å²) in [5.74, 6) is 0.106. The number of benzene rings is 1. The van der Waals surface area contributed by atoms with E-state index in [1.165, 1.54) is 6.07 Å². The molecule has 2 unspecified atom stereocenters. The summed E-state index contributed by atoms with van der Waals surface area (Å²) in [4.78, 5) is 14.3. The zero-order valence-corrected chi connectivity index (χ0v) is 13.2. The number of piperidine rings is 1. The summed E-state index contributed by atoms with van der Waals surface area (Å²) < 4.78 is 14.1. The standard InChI is InChI=1S/C17H25FN2O/c1-4-20(5-2)17(21)16-11-13(8-9-19-16)14-10-12(3)6-7-15(14)18/h6-7,10,13,16,19H,4-5,8-9,11H2,1-3H3. The average Bonchev–Trinajstić information content (AvgIpc) is 2.51. The average molecular weight is 292 g/mol. The van der Waals surface area contributed by atoms with E-state index in [1.807, 2.05) is 31.7 Å². The molecule has 1 fully saturated rings. The topological polar surface area (TPSA) is 32.3 Å². The number of rotatable bonds is 4. The van der Waals surface area contributed by atoms with E-state index in [4.69, 9.17) is 0 Å². The van der Waals surface area contributed by atoms with Crippen LogP contribution in [-0.2, 0) is 4.79 Å². The number of nitrogens with zero attached hydrogens (tertiary/aromatic N) is 1. The summed E-state index contributed by atoms with van der Waals surface area (Å²) in [5, 5.41) is 3.29. The third kappa shape index (κ3) is 3.62. The summed E-state index contributed by atoms with van der Waals surface area (Å²) in [6, 6.07) is 5.06. The molecule has 4 heteroatoms. The lowest BCUT2D eigenvalue weighted by Gasteiger charge is -2.33. The van der Waals surface area contributed by atoms with E-state index in [1.54, 1.807) is 6.07 Å². The van der Waals surface area contributed by atoms with Crippen molar-refractivity contribution in [1.29, 1.82) is 0 Å². The van der Waals surface area contributed by atoms with Gasteiger partial charge in [0.1, 0.15) is 5.82 Å². The highest BCUT2D eigenvalue weighted by Crippen LogP contribution is 2.30. The van der Waals surface area contributed by atoms with Gasteiger partial charge < -0.3 is 10.2 Å². The molecule has 0 saturated carbocycles. The first kappa shape index (κ1) is 16.0. The van der Waals surface area contributed by atoms with E-state index >= 15 is 0 Å². The molecule has 2 rings (SSSR count). The number of hydrogen-bond donors (Lipinski definition) is 1. The Labute approximate surface area is 126 Å². The van der Waals surface area contributed by atoms with Gasteiger partial charge in [0, 0.05) is 13.1 Å². The van der Waals surface area contributed by atoms with Gasteiger partial charge in [-0.2, -0.15) is 0 Å². The number of carbonyl (C=O) groups is 1. The SMILES string of the molecule is CCN(CC)C(=O)C1CC(c2cc(C)ccc2F)CCN1. The summed E-state index contributed by atoms with van der Waals surface area (Å²) in [6.07, 6.45) is 1.55. The van der Waals surface area contributed by atoms with Gasteiger partial charge >= 0.3 is 0 Å². The van der Waals surface area contributed by atoms with Gasteiger partial charge in [-0.1, -0.05) is 17.7 Å². The molecule has 1 saturated heterocycles. The van der Waals surface area contributed by atoms with E-state index in [9.17, 15) is 9.18 Å². The molecule has 2 atom stereocenters. The Morgan fingerprint density at radius 1 is 1.38 bits per heavy atom. The molecular weight excluding hydrogens is 267 g/mol. The fourth-order valence-electron chi connectivity index (χ4n) is 3.12. The third-order valence-electron chi connectivity index (χ3n) is 4.37. The number of likely N-dealkylation sites (N-methyl/N-ethyl adjacent to an activating group) is 1. The minimum Gasteiger partial charge on any atom is -0.342 e. The van der Waals surface area contributed by atoms with E-state index in [0.717, 1.165) is 37.2 Å². The Balaban J connectivity index is 2.13. The van der Waals surface area contributed by atoms with Crippen LogP contribution in [0.15, 0.2) is 18.2 Å². The minimum atomic E-state index is -0.191. The zero-order chi connectivity index (χ0) is 15.4. The number of halogens is 1. The molecule has 1 amide bonds. The van der Waals surface area contributed by atoms with Crippen molar-refractivity contribution >= 4 is 5.91 Å². The molecule has 1 N–H and O–H groups in total. The van der Waals surface area contributed by atoms with Crippen LogP contribution in [0.1, 0.15) is 43.7 Å². The summed E-state index contributed by atoms with van der Waals surface area (Å²) in [7, 11) is 0. The Kier molecular flexibility index (Phi) is 5.34. The highest BCUT2D eigenvalue weighted by molar-refractivity contribution is 5.82. The van der Waals surface area contributed by atoms with Crippen molar-refractivity contribution in [3.63, 3.8) is 0 Å². The Bertz CT molecular complexity index is 500. The molecule has 0 aliphatic carbocycles. The van der Waals surface area contributed by atoms with Gasteiger partial charge in [-0.3, -0.25) is 4.79 Å². The molecule has 0 aromatic heterocycles. The third-order valence-corrected chi connectivity index (χ3v) is 4.37. The lowest BCUT2D eigenvalue weighted by molar-refractivity contribution is -0.133. The van der Waals surface area contributed by atoms with Gasteiger partial charge in [-0.15, -0.1) is 0 Å². The number of nitrogens with one attached hydrogen (secondary N) is 1. The molecule has 1 aromatic carbocycles. The maximum absolute atomic E-state index is 14.1. The molecule has 1 aliphatic rings. The van der Waals surface area contributed by atoms with Crippen LogP contribution in [0.4, 0.5) is 4.39 Å². The Morgan fingerprint density at radius 3 is 2.76 bits per heavy atom. The second-order valence-electron chi connectivity index (χ2n) is 5.76. The van der Waals surface area contributed by atoms with Crippen LogP contribution >= 0.6 is 0 Å². The second-order valence-corrected chi connectivity index (χ2v) is 5.76. The van der Waals surface area contributed by atoms with E-state index in [2.05, 4.69) is 5.32 Å². The molecule has 1 aliphatic heterocycles. The van der Waals surface area contributed by atoms with Crippen molar-refractivity contribution in [3.05, 3.63) is 35.1 Å². The number of aryl methyl sites for hydroxylation is 1. The molecule has 1 aromatic rings. The molecule has 3 nitrogen and oxygen atoms in total. The van der Waals surface area contributed by atoms with Gasteiger partial charge in [-0.25, -0.2) is 4.39 Å². The number of carbonyl (C=O) groups excluding carboxylic acids is 1. The molecule has 21 heavy (non-hydrogen) atoms. The van der Waals surface area contributed by atoms with Crippen LogP contribution in [0, 0.1) is 12.7 Å². The van der Waals surface area contributed by atoms with Crippen molar-refractivity contribution in [2.24, 2.45) is 0 Å². The molecular formula is C17H25FN2O. The first-order valence-electron chi connectivity index (χ1n) is 7.85. The lowest BCUT2D eigenvalue weighted by atomic mass is 9.85. The summed E-state index contributed by atoms with van der Waals surface area (Å²) in [5.41, 5.74) is 1.82. The molecule has 116 valence electrons. The van der Waals surface area contributed by atoms with Crippen molar-refractivity contribution in [2.45, 2.75) is 45.6 Å². The first-order chi connectivity index (χ1) is 10.1. The van der Waals surface area contributed by atoms with Crippen molar-refractivity contribution in [2.75, 3.05) is 19.6 Å². The Morgan fingerprint density at radius 2 is 2.10 bits per heavy atom. The highest BCUT2D eigenvalue weighted by atomic mass is 19.1. The maximum atomic E-state index is 14.1. The van der Waals surface area contributed by atoms with Gasteiger partial charge in [0.05, 0.1) is 6.04 Å². The molecule has 0 bridgehead atoms. The van der Waals surface area contributed by atoms with Crippen LogP contribution < -0.4 is 5.32 Å². The van der Waals surface area contributed by atoms with E-state index in [-0.39, 0.29) is 23.7 Å². The Hall–Kier alpha value is -1.42. The van der Waals surface area contributed by atoms with E-state index in [0.29, 0.717) is 6.42 Å². The quantitative estimate of drug-likeness (QED) is 0.925. The fraction of sp³-hybridized carbons (Fsp3) is 0.588. The van der Waals surface area contributed by atoms with Gasteiger partial charge in [0.2, 0.25) is 5.91 Å². The molecule has 1 heterocycles. The number of amides is 1. The summed E-state index contributed by atoms with van der Waals surface area (Å²) >= 11 is 0. The van der Waals surface area contributed by atoms with Gasteiger partial charge in [-0.05, 0) is 57.7 Å². The first-order valence-corrected chi connectivity index (χ1v) is 7.85. The normalized spacial score (nSPS) is 22.1. The van der Waals surface area contributed by atoms with Crippen LogP contribution in [0.5, 0.6) is 0 Å². The van der Waals surface area contributed by atoms with Crippen LogP contribution in [0.2, 0.25) is 0 Å². The van der Waals surface area contributed by atoms with Crippen LogP contribution in [0.25, 0.3) is 0 Å². The zero-order valence-electron chi connectivity index (χ0n) is 13.2. The predicted molar refractivity (Wildman–Crippen MR) is 82.8 cm³/mol. The lowest BCUT2D eigenvalue weighted by Crippen LogP contribution is -2.49. The smallest absolute Gasteiger partial charge is 0.239 e. The number of hydrogen-bond acceptors (Lipinski definition) is 2. The van der Waals surface area contributed by atoms with E-state index < -0.39 is 0 Å². The van der Waals surface area contributed by atoms with Gasteiger partial charge in [0.25, 0.3) is 0 Å². The van der Waals surface area contributed by atoms with Gasteiger partial charge in [0.15, 0.2) is 0 Å². The monoisotopic (exact) mass is 292 g/mol. The minimum absolute atomic E-state index is 0.121. The van der Waals surface area contributed by atoms with Crippen LogP contribution in [0.3, 0.4) is 0 Å². The highest BCUT2D eigenvalue weighted by Gasteiger charge is 2.30. The second kappa shape index (κ2) is 7.03. The summed E-state index contributed by atoms with van der Waals surface area (Å²) in [6.45, 7) is 8.15. The van der Waals surface area contributed by atoms with Crippen molar-refractivity contribution in [1.82, 2.24) is 10.2 Å². The van der Waals surface area contributed by atoms with Crippen molar-refractivity contribution < 1.29 is 9.18 Å². The molecule has 0 spiro atoms. The molecule has 0 radical (unpaired) electrons. The maximum Gasteiger partial charge on any atom is 0.239 e. The largest absolute Gasteiger partial charge is 0.342 e. The fourth-order valence-corrected chi connectivity index (χ4v) is 3.12. The van der Waals surface area contributed by atoms with Crippen molar-refractivity contribution in [3.8, 4) is 0 Å².